The van der Waals surface area contributed by atoms with Gasteiger partial charge in [0.15, 0.2) is 0 Å². The first-order valence-corrected chi connectivity index (χ1v) is 13.9. The van der Waals surface area contributed by atoms with Crippen LogP contribution in [0.3, 0.4) is 0 Å². The third kappa shape index (κ3) is 7.18. The lowest BCUT2D eigenvalue weighted by Gasteiger charge is -2.41. The zero-order valence-electron chi connectivity index (χ0n) is 23.7. The summed E-state index contributed by atoms with van der Waals surface area (Å²) in [5.74, 6) is 0.0712. The van der Waals surface area contributed by atoms with Gasteiger partial charge in [0.05, 0.1) is 12.1 Å². The minimum absolute atomic E-state index is 0.0712. The molecule has 4 aliphatic heterocycles. The Morgan fingerprint density at radius 2 is 1.16 bits per heavy atom. The van der Waals surface area contributed by atoms with Crippen molar-refractivity contribution in [2.75, 3.05) is 26.2 Å². The van der Waals surface area contributed by atoms with E-state index in [9.17, 15) is 14.4 Å². The normalized spacial score (nSPS) is 26.4. The van der Waals surface area contributed by atoms with E-state index >= 15 is 0 Å². The number of amides is 3. The summed E-state index contributed by atoms with van der Waals surface area (Å²) in [5.41, 5.74) is -0.163. The molecule has 1 aromatic rings. The van der Waals surface area contributed by atoms with Gasteiger partial charge in [-0.15, -0.1) is 0 Å². The number of hydrogen-bond acceptors (Lipinski definition) is 6. The van der Waals surface area contributed by atoms with E-state index in [0.29, 0.717) is 25.2 Å². The van der Waals surface area contributed by atoms with Crippen molar-refractivity contribution >= 4 is 18.1 Å². The summed E-state index contributed by atoms with van der Waals surface area (Å²) in [6.07, 6.45) is 3.82. The van der Waals surface area contributed by atoms with Crippen LogP contribution in [-0.4, -0.2) is 94.3 Å². The summed E-state index contributed by atoms with van der Waals surface area (Å²) in [4.78, 5) is 42.4. The Labute approximate surface area is 226 Å². The molecular formula is C29H44N4O5. The quantitative estimate of drug-likeness (QED) is 0.586. The summed E-state index contributed by atoms with van der Waals surface area (Å²) >= 11 is 0. The summed E-state index contributed by atoms with van der Waals surface area (Å²) in [6.45, 7) is 14.0. The molecule has 4 fully saturated rings. The molecule has 9 nitrogen and oxygen atoms in total. The molecule has 4 saturated heterocycles. The first-order chi connectivity index (χ1) is 17.8. The highest BCUT2D eigenvalue weighted by molar-refractivity contribution is 5.95. The van der Waals surface area contributed by atoms with Gasteiger partial charge in [-0.25, -0.2) is 9.59 Å². The number of fused-ring (bicyclic) bond motifs is 4. The number of carbonyl (C=O) groups is 3. The van der Waals surface area contributed by atoms with Crippen molar-refractivity contribution in [3.63, 3.8) is 0 Å². The number of hydrogen-bond donors (Lipinski definition) is 1. The molecule has 0 spiro atoms. The molecule has 38 heavy (non-hydrogen) atoms. The monoisotopic (exact) mass is 528 g/mol. The molecule has 210 valence electrons. The highest BCUT2D eigenvalue weighted by Crippen LogP contribution is 2.32. The van der Waals surface area contributed by atoms with Crippen molar-refractivity contribution in [2.24, 2.45) is 0 Å². The van der Waals surface area contributed by atoms with Gasteiger partial charge in [-0.3, -0.25) is 4.79 Å². The number of rotatable bonds is 1. The minimum Gasteiger partial charge on any atom is -0.444 e. The second kappa shape index (κ2) is 11.1. The molecule has 5 rings (SSSR count). The standard InChI is InChI=1S/C18H24N2O3.C11H20N2O2/c1-18(2,3)23-17(22)19-11-14-9-10-15(12-19)20(14)16(21)13-7-5-4-6-8-13;1-11(2,3)15-10(14)13-6-8-4-5-9(7-13)12-8/h4-8,14-15H,9-12H2,1-3H3;8-9,12H,4-7H2,1-3H3. The van der Waals surface area contributed by atoms with Crippen LogP contribution in [0.4, 0.5) is 9.59 Å². The van der Waals surface area contributed by atoms with Crippen molar-refractivity contribution in [3.8, 4) is 0 Å². The van der Waals surface area contributed by atoms with Crippen molar-refractivity contribution < 1.29 is 23.9 Å². The fraction of sp³-hybridized carbons (Fsp3) is 0.690. The number of carbonyl (C=O) groups excluding carboxylic acids is 3. The van der Waals surface area contributed by atoms with Crippen LogP contribution in [0.2, 0.25) is 0 Å². The van der Waals surface area contributed by atoms with Crippen molar-refractivity contribution in [3.05, 3.63) is 35.9 Å². The van der Waals surface area contributed by atoms with Crippen LogP contribution in [0.15, 0.2) is 30.3 Å². The molecule has 0 aliphatic carbocycles. The predicted molar refractivity (Wildman–Crippen MR) is 145 cm³/mol. The molecule has 9 heteroatoms. The summed E-state index contributed by atoms with van der Waals surface area (Å²) in [7, 11) is 0. The van der Waals surface area contributed by atoms with E-state index in [1.165, 1.54) is 12.8 Å². The maximum Gasteiger partial charge on any atom is 0.410 e. The van der Waals surface area contributed by atoms with Gasteiger partial charge in [0.25, 0.3) is 5.91 Å². The van der Waals surface area contributed by atoms with Gasteiger partial charge in [-0.05, 0) is 79.4 Å². The molecular weight excluding hydrogens is 484 g/mol. The summed E-state index contributed by atoms with van der Waals surface area (Å²) in [6, 6.07) is 10.5. The number of piperazine rings is 2. The average molecular weight is 529 g/mol. The van der Waals surface area contributed by atoms with E-state index in [1.807, 2.05) is 81.7 Å². The highest BCUT2D eigenvalue weighted by Gasteiger charge is 2.44. The fourth-order valence-electron chi connectivity index (χ4n) is 5.71. The van der Waals surface area contributed by atoms with Crippen LogP contribution in [0.1, 0.15) is 77.6 Å². The van der Waals surface area contributed by atoms with Crippen molar-refractivity contribution in [1.82, 2.24) is 20.0 Å². The van der Waals surface area contributed by atoms with E-state index < -0.39 is 5.60 Å². The van der Waals surface area contributed by atoms with Crippen LogP contribution < -0.4 is 5.32 Å². The molecule has 1 N–H and O–H groups in total. The van der Waals surface area contributed by atoms with Gasteiger partial charge >= 0.3 is 12.2 Å². The van der Waals surface area contributed by atoms with Crippen LogP contribution in [0.5, 0.6) is 0 Å². The van der Waals surface area contributed by atoms with Gasteiger partial charge < -0.3 is 29.5 Å². The fourth-order valence-corrected chi connectivity index (χ4v) is 5.71. The van der Waals surface area contributed by atoms with E-state index in [1.54, 1.807) is 4.90 Å². The van der Waals surface area contributed by atoms with Gasteiger partial charge in [0.1, 0.15) is 11.2 Å². The molecule has 4 unspecified atom stereocenters. The Balaban J connectivity index is 0.000000194. The average Bonchev–Trinajstić information content (AvgIpc) is 3.30. The van der Waals surface area contributed by atoms with Crippen LogP contribution >= 0.6 is 0 Å². The number of nitrogens with zero attached hydrogens (tertiary/aromatic N) is 3. The lowest BCUT2D eigenvalue weighted by atomic mass is 10.1. The lowest BCUT2D eigenvalue weighted by molar-refractivity contribution is 0.00239. The Morgan fingerprint density at radius 3 is 1.61 bits per heavy atom. The molecule has 4 aliphatic rings. The Kier molecular flexibility index (Phi) is 8.26. The number of nitrogens with one attached hydrogen (secondary N) is 1. The largest absolute Gasteiger partial charge is 0.444 e. The summed E-state index contributed by atoms with van der Waals surface area (Å²) in [5, 5.41) is 3.49. The third-order valence-electron chi connectivity index (χ3n) is 7.26. The number of ether oxygens (including phenoxy) is 2. The van der Waals surface area contributed by atoms with E-state index in [4.69, 9.17) is 9.47 Å². The van der Waals surface area contributed by atoms with Crippen molar-refractivity contribution in [2.45, 2.75) is 103 Å². The van der Waals surface area contributed by atoms with E-state index in [0.717, 1.165) is 31.5 Å². The maximum absolute atomic E-state index is 12.8. The van der Waals surface area contributed by atoms with E-state index in [2.05, 4.69) is 5.32 Å². The molecule has 4 atom stereocenters. The zero-order valence-corrected chi connectivity index (χ0v) is 23.7. The van der Waals surface area contributed by atoms with Gasteiger partial charge in [0.2, 0.25) is 0 Å². The van der Waals surface area contributed by atoms with Gasteiger partial charge in [-0.1, -0.05) is 18.2 Å². The maximum atomic E-state index is 12.8. The Hall–Kier alpha value is -2.81. The molecule has 1 aromatic carbocycles. The number of likely N-dealkylation sites (tertiary alicyclic amines) is 2. The van der Waals surface area contributed by atoms with Crippen molar-refractivity contribution in [1.29, 1.82) is 0 Å². The number of benzene rings is 1. The molecule has 0 saturated carbocycles. The van der Waals surface area contributed by atoms with Crippen LogP contribution in [0, 0.1) is 0 Å². The molecule has 4 heterocycles. The predicted octanol–water partition coefficient (Wildman–Crippen LogP) is 4.27. The van der Waals surface area contributed by atoms with Gasteiger partial charge in [0, 0.05) is 43.8 Å². The lowest BCUT2D eigenvalue weighted by Crippen LogP contribution is -2.57. The zero-order chi connectivity index (χ0) is 27.7. The molecule has 3 amide bonds. The first-order valence-electron chi connectivity index (χ1n) is 13.9. The first kappa shape index (κ1) is 28.2. The molecule has 0 radical (unpaired) electrons. The van der Waals surface area contributed by atoms with Crippen LogP contribution in [0.25, 0.3) is 0 Å². The molecule has 4 bridgehead atoms. The van der Waals surface area contributed by atoms with E-state index in [-0.39, 0.29) is 35.8 Å². The summed E-state index contributed by atoms with van der Waals surface area (Å²) < 4.78 is 10.8. The smallest absolute Gasteiger partial charge is 0.410 e. The minimum atomic E-state index is -0.493. The SMILES string of the molecule is CC(C)(C)OC(=O)N1CC2CCC(C1)N2.CC(C)(C)OC(=O)N1CC2CCC(C1)N2C(=O)c1ccccc1. The Bertz CT molecular complexity index is 976. The molecule has 0 aromatic heterocycles. The highest BCUT2D eigenvalue weighted by atomic mass is 16.6. The topological polar surface area (TPSA) is 91.4 Å². The third-order valence-corrected chi connectivity index (χ3v) is 7.26. The Morgan fingerprint density at radius 1 is 0.711 bits per heavy atom. The second-order valence-corrected chi connectivity index (χ2v) is 12.9. The second-order valence-electron chi connectivity index (χ2n) is 12.9. The van der Waals surface area contributed by atoms with Gasteiger partial charge in [-0.2, -0.15) is 0 Å². The van der Waals surface area contributed by atoms with Crippen LogP contribution in [-0.2, 0) is 9.47 Å².